The van der Waals surface area contributed by atoms with E-state index in [1.165, 1.54) is 6.92 Å². The number of rotatable bonds is 4. The minimum absolute atomic E-state index is 0.127. The van der Waals surface area contributed by atoms with E-state index in [4.69, 9.17) is 0 Å². The fourth-order valence-corrected chi connectivity index (χ4v) is 3.31. The number of hydrogen-bond donors (Lipinski definition) is 3. The van der Waals surface area contributed by atoms with Crippen LogP contribution in [0.3, 0.4) is 0 Å². The number of para-hydroxylation sites is 1. The van der Waals surface area contributed by atoms with Gasteiger partial charge in [-0.25, -0.2) is 9.50 Å². The number of anilines is 3. The van der Waals surface area contributed by atoms with Crippen molar-refractivity contribution >= 4 is 44.7 Å². The Labute approximate surface area is 169 Å². The molecule has 2 heterocycles. The van der Waals surface area contributed by atoms with E-state index in [9.17, 15) is 10.1 Å². The molecule has 0 aliphatic heterocycles. The van der Waals surface area contributed by atoms with E-state index in [2.05, 4.69) is 42.7 Å². The molecule has 0 fully saturated rings. The number of hydrogen-bond acceptors (Lipinski definition) is 4. The van der Waals surface area contributed by atoms with Gasteiger partial charge in [0.25, 0.3) is 0 Å². The first-order valence-electron chi connectivity index (χ1n) is 8.46. The van der Waals surface area contributed by atoms with Crippen molar-refractivity contribution in [2.75, 3.05) is 10.6 Å². The maximum atomic E-state index is 11.2. The molecule has 0 spiro atoms. The SMILES string of the molecule is CC(=O)Nc1ccc(-c2nc3c(C#N)c[nH]n3c2Nc2ccccc2Br)cc1. The number of aromatic amines is 1. The van der Waals surface area contributed by atoms with Crippen molar-refractivity contribution in [3.63, 3.8) is 0 Å². The lowest BCUT2D eigenvalue weighted by molar-refractivity contribution is -0.114. The van der Waals surface area contributed by atoms with Crippen LogP contribution in [0, 0.1) is 11.3 Å². The second-order valence-electron chi connectivity index (χ2n) is 6.13. The van der Waals surface area contributed by atoms with Gasteiger partial charge in [-0.15, -0.1) is 0 Å². The maximum absolute atomic E-state index is 11.2. The summed E-state index contributed by atoms with van der Waals surface area (Å²) in [5.74, 6) is 0.577. The van der Waals surface area contributed by atoms with Gasteiger partial charge in [0.05, 0.1) is 5.69 Å². The molecule has 7 nitrogen and oxygen atoms in total. The molecule has 1 amide bonds. The van der Waals surface area contributed by atoms with Crippen molar-refractivity contribution in [1.82, 2.24) is 14.6 Å². The third kappa shape index (κ3) is 3.23. The number of carbonyl (C=O) groups is 1. The van der Waals surface area contributed by atoms with Crippen molar-refractivity contribution in [3.8, 4) is 17.3 Å². The van der Waals surface area contributed by atoms with Crippen molar-refractivity contribution in [3.05, 3.63) is 64.8 Å². The number of carbonyl (C=O) groups excluding carboxylic acids is 1. The second-order valence-corrected chi connectivity index (χ2v) is 6.98. The van der Waals surface area contributed by atoms with Gasteiger partial charge in [0, 0.05) is 28.8 Å². The molecule has 0 bridgehead atoms. The average Bonchev–Trinajstić information content (AvgIpc) is 3.23. The fourth-order valence-electron chi connectivity index (χ4n) is 2.92. The highest BCUT2D eigenvalue weighted by molar-refractivity contribution is 9.10. The molecule has 4 rings (SSSR count). The fraction of sp³-hybridized carbons (Fsp3) is 0.0500. The Morgan fingerprint density at radius 1 is 1.21 bits per heavy atom. The highest BCUT2D eigenvalue weighted by atomic mass is 79.9. The number of imidazole rings is 1. The Kier molecular flexibility index (Phi) is 4.59. The van der Waals surface area contributed by atoms with Crippen LogP contribution in [-0.4, -0.2) is 20.5 Å². The lowest BCUT2D eigenvalue weighted by Crippen LogP contribution is -2.05. The molecule has 3 N–H and O–H groups in total. The standard InChI is InChI=1S/C20H15BrN6O/c1-12(28)24-15-8-6-13(7-9-15)18-20(25-17-5-3-2-4-16(17)21)27-19(26-18)14(10-22)11-23-27/h2-9,11,23,25H,1H3,(H,24,28). The number of nitrogens with one attached hydrogen (secondary N) is 3. The predicted octanol–water partition coefficient (Wildman–Crippen LogP) is 4.67. The monoisotopic (exact) mass is 434 g/mol. The van der Waals surface area contributed by atoms with Gasteiger partial charge >= 0.3 is 0 Å². The molecule has 8 heteroatoms. The van der Waals surface area contributed by atoms with Crippen LogP contribution in [0.5, 0.6) is 0 Å². The number of H-pyrrole nitrogens is 1. The van der Waals surface area contributed by atoms with Gasteiger partial charge in [0.15, 0.2) is 11.5 Å². The number of aromatic nitrogens is 3. The van der Waals surface area contributed by atoms with Crippen LogP contribution in [0.15, 0.2) is 59.2 Å². The number of fused-ring (bicyclic) bond motifs is 1. The zero-order valence-corrected chi connectivity index (χ0v) is 16.4. The quantitative estimate of drug-likeness (QED) is 0.434. The Bertz CT molecular complexity index is 1220. The van der Waals surface area contributed by atoms with Crippen molar-refractivity contribution in [2.45, 2.75) is 6.92 Å². The van der Waals surface area contributed by atoms with E-state index in [0.29, 0.717) is 28.4 Å². The van der Waals surface area contributed by atoms with E-state index in [1.54, 1.807) is 10.7 Å². The summed E-state index contributed by atoms with van der Waals surface area (Å²) in [6, 6.07) is 17.3. The molecule has 28 heavy (non-hydrogen) atoms. The summed E-state index contributed by atoms with van der Waals surface area (Å²) in [6.07, 6.45) is 1.62. The molecule has 0 aliphatic carbocycles. The third-order valence-corrected chi connectivity index (χ3v) is 4.87. The predicted molar refractivity (Wildman–Crippen MR) is 111 cm³/mol. The second kappa shape index (κ2) is 7.21. The van der Waals surface area contributed by atoms with Gasteiger partial charge in [-0.05, 0) is 40.2 Å². The minimum atomic E-state index is -0.127. The van der Waals surface area contributed by atoms with Gasteiger partial charge in [-0.2, -0.15) is 5.26 Å². The Morgan fingerprint density at radius 2 is 1.96 bits per heavy atom. The van der Waals surface area contributed by atoms with Gasteiger partial charge < -0.3 is 10.6 Å². The summed E-state index contributed by atoms with van der Waals surface area (Å²) in [5.41, 5.74) is 4.11. The normalized spacial score (nSPS) is 10.6. The zero-order chi connectivity index (χ0) is 19.7. The van der Waals surface area contributed by atoms with Crippen LogP contribution < -0.4 is 10.6 Å². The maximum Gasteiger partial charge on any atom is 0.221 e. The Balaban J connectivity index is 1.83. The zero-order valence-electron chi connectivity index (χ0n) is 14.8. The average molecular weight is 435 g/mol. The lowest BCUT2D eigenvalue weighted by atomic mass is 10.1. The number of nitriles is 1. The first kappa shape index (κ1) is 17.8. The number of benzene rings is 2. The van der Waals surface area contributed by atoms with Crippen molar-refractivity contribution in [2.24, 2.45) is 0 Å². The van der Waals surface area contributed by atoms with Gasteiger partial charge in [0.1, 0.15) is 17.3 Å². The van der Waals surface area contributed by atoms with Crippen molar-refractivity contribution < 1.29 is 4.79 Å². The van der Waals surface area contributed by atoms with Crippen LogP contribution in [0.2, 0.25) is 0 Å². The molecular weight excluding hydrogens is 420 g/mol. The molecule has 0 saturated carbocycles. The number of halogens is 1. The topological polar surface area (TPSA) is 98.0 Å². The first-order chi connectivity index (χ1) is 13.6. The molecule has 0 unspecified atom stereocenters. The summed E-state index contributed by atoms with van der Waals surface area (Å²) in [4.78, 5) is 15.9. The highest BCUT2D eigenvalue weighted by Crippen LogP contribution is 2.34. The van der Waals surface area contributed by atoms with Gasteiger partial charge in [-0.1, -0.05) is 24.3 Å². The first-order valence-corrected chi connectivity index (χ1v) is 9.25. The van der Waals surface area contributed by atoms with E-state index in [-0.39, 0.29) is 5.91 Å². The number of nitrogens with zero attached hydrogens (tertiary/aromatic N) is 3. The van der Waals surface area contributed by atoms with Crippen LogP contribution in [0.25, 0.3) is 16.9 Å². The largest absolute Gasteiger partial charge is 0.337 e. The van der Waals surface area contributed by atoms with Crippen LogP contribution in [-0.2, 0) is 4.79 Å². The summed E-state index contributed by atoms with van der Waals surface area (Å²) in [6.45, 7) is 1.47. The highest BCUT2D eigenvalue weighted by Gasteiger charge is 2.19. The van der Waals surface area contributed by atoms with Gasteiger partial charge in [-0.3, -0.25) is 9.89 Å². The van der Waals surface area contributed by atoms with Gasteiger partial charge in [0.2, 0.25) is 5.91 Å². The molecule has 0 atom stereocenters. The van der Waals surface area contributed by atoms with E-state index >= 15 is 0 Å². The summed E-state index contributed by atoms with van der Waals surface area (Å²) >= 11 is 3.54. The Hall–Kier alpha value is -3.57. The van der Waals surface area contributed by atoms with Crippen LogP contribution in [0.4, 0.5) is 17.2 Å². The summed E-state index contributed by atoms with van der Waals surface area (Å²) in [5, 5.41) is 18.6. The molecule has 138 valence electrons. The van der Waals surface area contributed by atoms with E-state index in [0.717, 1.165) is 15.7 Å². The van der Waals surface area contributed by atoms with Crippen LogP contribution >= 0.6 is 15.9 Å². The molecule has 0 saturated heterocycles. The van der Waals surface area contributed by atoms with E-state index < -0.39 is 0 Å². The molecular formula is C20H15BrN6O. The summed E-state index contributed by atoms with van der Waals surface area (Å²) < 4.78 is 2.65. The third-order valence-electron chi connectivity index (χ3n) is 4.18. The van der Waals surface area contributed by atoms with E-state index in [1.807, 2.05) is 48.5 Å². The minimum Gasteiger partial charge on any atom is -0.337 e. The molecule has 4 aromatic rings. The molecule has 2 aromatic heterocycles. The van der Waals surface area contributed by atoms with Crippen LogP contribution in [0.1, 0.15) is 12.5 Å². The molecule has 0 aliphatic rings. The number of amides is 1. The summed E-state index contributed by atoms with van der Waals surface area (Å²) in [7, 11) is 0. The Morgan fingerprint density at radius 3 is 2.64 bits per heavy atom. The molecule has 0 radical (unpaired) electrons. The lowest BCUT2D eigenvalue weighted by Gasteiger charge is -2.10. The molecule has 2 aromatic carbocycles. The smallest absolute Gasteiger partial charge is 0.221 e. The van der Waals surface area contributed by atoms with Crippen molar-refractivity contribution in [1.29, 1.82) is 5.26 Å².